The van der Waals surface area contributed by atoms with E-state index in [1.807, 2.05) is 6.92 Å². The average Bonchev–Trinajstić information content (AvgIpc) is 3.46. The minimum Gasteiger partial charge on any atom is -0.492 e. The molecule has 1 aliphatic heterocycles. The molecule has 0 spiro atoms. The van der Waals surface area contributed by atoms with Gasteiger partial charge in [0.25, 0.3) is 0 Å². The SMILES string of the molecule is CC1N=C(c2ccc(C(F)(F)F)cc2)SC1COc1ccc([C@H](CC(=O)O)c2ccon2)cc1. The highest BCUT2D eigenvalue weighted by molar-refractivity contribution is 8.15. The standard InChI is InChI=1S/C24H21F3N2O4S/c1-14-21(34-23(28-14)16-2-6-17(7-3-16)24(25,26)27)13-32-18-8-4-15(5-9-18)19(12-22(30)31)20-10-11-33-29-20/h2-11,14,19,21H,12-13H2,1H3,(H,30,31)/t14?,19-,21?/m0/s1. The molecule has 2 unspecified atom stereocenters. The monoisotopic (exact) mass is 490 g/mol. The van der Waals surface area contributed by atoms with Crippen LogP contribution in [0.4, 0.5) is 13.2 Å². The fourth-order valence-corrected chi connectivity index (χ4v) is 4.78. The van der Waals surface area contributed by atoms with Crippen molar-refractivity contribution in [1.29, 1.82) is 0 Å². The number of carboxylic acid groups (broad SMARTS) is 1. The maximum absolute atomic E-state index is 12.8. The predicted octanol–water partition coefficient (Wildman–Crippen LogP) is 5.63. The number of nitrogens with zero attached hydrogens (tertiary/aromatic N) is 2. The number of benzene rings is 2. The molecule has 0 bridgehead atoms. The molecule has 0 saturated heterocycles. The van der Waals surface area contributed by atoms with Crippen molar-refractivity contribution in [2.45, 2.75) is 36.7 Å². The van der Waals surface area contributed by atoms with Crippen molar-refractivity contribution in [3.05, 3.63) is 83.2 Å². The van der Waals surface area contributed by atoms with E-state index in [0.29, 0.717) is 28.7 Å². The van der Waals surface area contributed by atoms with Crippen molar-refractivity contribution in [2.75, 3.05) is 6.61 Å². The first-order valence-electron chi connectivity index (χ1n) is 10.5. The smallest absolute Gasteiger partial charge is 0.416 e. The van der Waals surface area contributed by atoms with Gasteiger partial charge >= 0.3 is 12.1 Å². The van der Waals surface area contributed by atoms with E-state index in [0.717, 1.165) is 17.7 Å². The zero-order valence-electron chi connectivity index (χ0n) is 18.0. The normalized spacial score (nSPS) is 19.0. The molecule has 1 aliphatic rings. The van der Waals surface area contributed by atoms with E-state index in [4.69, 9.17) is 9.26 Å². The Morgan fingerprint density at radius 3 is 2.44 bits per heavy atom. The van der Waals surface area contributed by atoms with Crippen LogP contribution in [0.15, 0.2) is 70.4 Å². The topological polar surface area (TPSA) is 84.9 Å². The van der Waals surface area contributed by atoms with Gasteiger partial charge in [-0.3, -0.25) is 9.79 Å². The number of ether oxygens (including phenoxy) is 1. The number of carboxylic acids is 1. The van der Waals surface area contributed by atoms with Crippen LogP contribution in [0.25, 0.3) is 0 Å². The van der Waals surface area contributed by atoms with Crippen LogP contribution in [0.1, 0.15) is 41.6 Å². The van der Waals surface area contributed by atoms with Gasteiger partial charge in [-0.05, 0) is 36.8 Å². The molecular weight excluding hydrogens is 469 g/mol. The first-order chi connectivity index (χ1) is 16.2. The van der Waals surface area contributed by atoms with Crippen molar-refractivity contribution in [2.24, 2.45) is 4.99 Å². The Kier molecular flexibility index (Phi) is 6.97. The van der Waals surface area contributed by atoms with Gasteiger partial charge in [0.2, 0.25) is 0 Å². The molecule has 34 heavy (non-hydrogen) atoms. The molecule has 0 aliphatic carbocycles. The van der Waals surface area contributed by atoms with Gasteiger partial charge in [0.05, 0.1) is 34.0 Å². The lowest BCUT2D eigenvalue weighted by atomic mass is 9.92. The zero-order chi connectivity index (χ0) is 24.3. The van der Waals surface area contributed by atoms with E-state index in [9.17, 15) is 23.1 Å². The summed E-state index contributed by atoms with van der Waals surface area (Å²) in [5.41, 5.74) is 1.28. The molecule has 4 rings (SSSR count). The molecule has 1 aromatic heterocycles. The third-order valence-electron chi connectivity index (χ3n) is 5.47. The first kappa shape index (κ1) is 23.9. The van der Waals surface area contributed by atoms with Gasteiger partial charge in [0.15, 0.2) is 0 Å². The van der Waals surface area contributed by atoms with Crippen LogP contribution in [-0.4, -0.2) is 39.2 Å². The molecule has 1 N–H and O–H groups in total. The van der Waals surface area contributed by atoms with E-state index >= 15 is 0 Å². The number of thioether (sulfide) groups is 1. The fourth-order valence-electron chi connectivity index (χ4n) is 3.60. The van der Waals surface area contributed by atoms with Crippen LogP contribution in [0.5, 0.6) is 5.75 Å². The minimum atomic E-state index is -4.37. The number of aromatic nitrogens is 1. The Labute approximate surface area is 197 Å². The van der Waals surface area contributed by atoms with Gasteiger partial charge in [-0.1, -0.05) is 41.2 Å². The quantitative estimate of drug-likeness (QED) is 0.441. The predicted molar refractivity (Wildman–Crippen MR) is 121 cm³/mol. The van der Waals surface area contributed by atoms with Gasteiger partial charge in [-0.2, -0.15) is 13.2 Å². The molecule has 0 amide bonds. The number of hydrogen-bond acceptors (Lipinski definition) is 6. The van der Waals surface area contributed by atoms with Crippen molar-refractivity contribution >= 4 is 22.8 Å². The summed E-state index contributed by atoms with van der Waals surface area (Å²) in [6, 6.07) is 13.7. The summed E-state index contributed by atoms with van der Waals surface area (Å²) >= 11 is 1.48. The third-order valence-corrected chi connectivity index (χ3v) is 6.87. The lowest BCUT2D eigenvalue weighted by Gasteiger charge is -2.16. The number of aliphatic imine (C=N–C) groups is 1. The Morgan fingerprint density at radius 1 is 1.15 bits per heavy atom. The molecule has 10 heteroatoms. The highest BCUT2D eigenvalue weighted by atomic mass is 32.2. The first-order valence-corrected chi connectivity index (χ1v) is 11.4. The molecule has 0 saturated carbocycles. The van der Waals surface area contributed by atoms with E-state index in [-0.39, 0.29) is 17.7 Å². The van der Waals surface area contributed by atoms with Gasteiger partial charge in [0.1, 0.15) is 18.6 Å². The van der Waals surface area contributed by atoms with Gasteiger partial charge in [0, 0.05) is 17.5 Å². The average molecular weight is 491 g/mol. The molecule has 0 fully saturated rings. The Balaban J connectivity index is 1.36. The second-order valence-electron chi connectivity index (χ2n) is 7.86. The summed E-state index contributed by atoms with van der Waals surface area (Å²) < 4.78 is 49.2. The Bertz CT molecular complexity index is 1150. The van der Waals surface area contributed by atoms with Crippen LogP contribution in [-0.2, 0) is 11.0 Å². The summed E-state index contributed by atoms with van der Waals surface area (Å²) in [7, 11) is 0. The van der Waals surface area contributed by atoms with Gasteiger partial charge in [-0.25, -0.2) is 0 Å². The molecule has 6 nitrogen and oxygen atoms in total. The number of aliphatic carboxylic acids is 1. The van der Waals surface area contributed by atoms with Crippen LogP contribution < -0.4 is 4.74 Å². The lowest BCUT2D eigenvalue weighted by Crippen LogP contribution is -2.22. The molecule has 3 atom stereocenters. The third kappa shape index (κ3) is 5.61. The minimum absolute atomic E-state index is 0.00635. The van der Waals surface area contributed by atoms with E-state index in [1.165, 1.54) is 30.2 Å². The fraction of sp³-hybridized carbons (Fsp3) is 0.292. The zero-order valence-corrected chi connectivity index (χ0v) is 18.8. The number of carbonyl (C=O) groups is 1. The largest absolute Gasteiger partial charge is 0.492 e. The maximum Gasteiger partial charge on any atom is 0.416 e. The molecular formula is C24H21F3N2O4S. The molecule has 2 heterocycles. The highest BCUT2D eigenvalue weighted by Crippen LogP contribution is 2.34. The molecule has 3 aromatic rings. The number of rotatable bonds is 8. The Morgan fingerprint density at radius 2 is 1.85 bits per heavy atom. The van der Waals surface area contributed by atoms with E-state index in [1.54, 1.807) is 30.3 Å². The van der Waals surface area contributed by atoms with Crippen LogP contribution in [0, 0.1) is 0 Å². The van der Waals surface area contributed by atoms with Crippen molar-refractivity contribution in [1.82, 2.24) is 5.16 Å². The highest BCUT2D eigenvalue weighted by Gasteiger charge is 2.32. The summed E-state index contributed by atoms with van der Waals surface area (Å²) in [5.74, 6) is -0.756. The lowest BCUT2D eigenvalue weighted by molar-refractivity contribution is -0.138. The number of alkyl halides is 3. The van der Waals surface area contributed by atoms with Crippen LogP contribution in [0.3, 0.4) is 0 Å². The summed E-state index contributed by atoms with van der Waals surface area (Å²) in [4.78, 5) is 15.9. The summed E-state index contributed by atoms with van der Waals surface area (Å²) in [6.07, 6.45) is -3.08. The van der Waals surface area contributed by atoms with E-state index < -0.39 is 23.6 Å². The van der Waals surface area contributed by atoms with Crippen LogP contribution in [0.2, 0.25) is 0 Å². The van der Waals surface area contributed by atoms with Crippen LogP contribution >= 0.6 is 11.8 Å². The van der Waals surface area contributed by atoms with Crippen molar-refractivity contribution in [3.8, 4) is 5.75 Å². The molecule has 0 radical (unpaired) electrons. The van der Waals surface area contributed by atoms with Crippen molar-refractivity contribution in [3.63, 3.8) is 0 Å². The summed E-state index contributed by atoms with van der Waals surface area (Å²) in [5, 5.41) is 13.8. The van der Waals surface area contributed by atoms with E-state index in [2.05, 4.69) is 10.1 Å². The van der Waals surface area contributed by atoms with Gasteiger partial charge in [-0.15, -0.1) is 0 Å². The number of hydrogen-bond donors (Lipinski definition) is 1. The van der Waals surface area contributed by atoms with Crippen molar-refractivity contribution < 1.29 is 32.3 Å². The second-order valence-corrected chi connectivity index (χ2v) is 9.09. The molecule has 178 valence electrons. The maximum atomic E-state index is 12.8. The summed E-state index contributed by atoms with van der Waals surface area (Å²) in [6.45, 7) is 2.30. The second kappa shape index (κ2) is 9.92. The number of halogens is 3. The van der Waals surface area contributed by atoms with Gasteiger partial charge < -0.3 is 14.4 Å². The molecule has 2 aromatic carbocycles. The Hall–Kier alpha value is -3.27.